The van der Waals surface area contributed by atoms with E-state index in [0.29, 0.717) is 13.1 Å². The molecule has 1 unspecified atom stereocenters. The van der Waals surface area contributed by atoms with Gasteiger partial charge >= 0.3 is 0 Å². The van der Waals surface area contributed by atoms with Gasteiger partial charge in [0.1, 0.15) is 5.60 Å². The van der Waals surface area contributed by atoms with Gasteiger partial charge in [-0.1, -0.05) is 0 Å². The number of likely N-dealkylation sites (tertiary alicyclic amines) is 1. The zero-order chi connectivity index (χ0) is 23.2. The molecule has 3 heterocycles. The maximum Gasteiger partial charge on any atom is 0.289 e. The lowest BCUT2D eigenvalue weighted by atomic mass is 9.90. The first kappa shape index (κ1) is 21.4. The number of hydrogen-bond acceptors (Lipinski definition) is 5. The molecule has 2 aromatic rings. The molecule has 1 N–H and O–H groups in total. The van der Waals surface area contributed by atoms with Gasteiger partial charge in [0.2, 0.25) is 5.91 Å². The summed E-state index contributed by atoms with van der Waals surface area (Å²) in [6.45, 7) is 4.76. The third-order valence-electron chi connectivity index (χ3n) is 6.95. The summed E-state index contributed by atoms with van der Waals surface area (Å²) in [7, 11) is 0. The molecule has 1 saturated heterocycles. The van der Waals surface area contributed by atoms with Gasteiger partial charge in [-0.15, -0.1) is 0 Å². The third kappa shape index (κ3) is 4.29. The van der Waals surface area contributed by atoms with E-state index in [1.807, 2.05) is 50.4 Å². The summed E-state index contributed by atoms with van der Waals surface area (Å²) in [5.41, 5.74) is 0.996. The van der Waals surface area contributed by atoms with E-state index in [1.54, 1.807) is 15.8 Å². The number of anilines is 1. The zero-order valence-corrected chi connectivity index (χ0v) is 18.9. The Labute approximate surface area is 192 Å². The van der Waals surface area contributed by atoms with Crippen LogP contribution in [0.3, 0.4) is 0 Å². The number of ether oxygens (including phenoxy) is 1. The Morgan fingerprint density at radius 3 is 2.52 bits per heavy atom. The van der Waals surface area contributed by atoms with Crippen LogP contribution in [0.15, 0.2) is 54.6 Å². The van der Waals surface area contributed by atoms with Crippen molar-refractivity contribution in [2.75, 3.05) is 18.4 Å². The number of amides is 2. The SMILES string of the molecule is CC1(C)CC(=O)C=C(C(=O)N2CCC3(CC2)CC3C(=O)Nc2ccc(-n3cccn3)cc2)O1. The highest BCUT2D eigenvalue weighted by Gasteiger charge is 2.58. The minimum absolute atomic E-state index is 0.0345. The van der Waals surface area contributed by atoms with Crippen LogP contribution < -0.4 is 5.32 Å². The molecule has 5 rings (SSSR count). The van der Waals surface area contributed by atoms with Crippen molar-refractivity contribution in [2.45, 2.75) is 45.1 Å². The van der Waals surface area contributed by atoms with E-state index in [1.165, 1.54) is 6.08 Å². The number of carbonyl (C=O) groups is 3. The molecule has 0 bridgehead atoms. The molecule has 172 valence electrons. The molecule has 2 aliphatic heterocycles. The van der Waals surface area contributed by atoms with Crippen LogP contribution in [0.5, 0.6) is 0 Å². The molecule has 1 atom stereocenters. The molecule has 3 aliphatic rings. The van der Waals surface area contributed by atoms with Gasteiger partial charge in [0.15, 0.2) is 11.5 Å². The van der Waals surface area contributed by atoms with Crippen molar-refractivity contribution in [2.24, 2.45) is 11.3 Å². The van der Waals surface area contributed by atoms with Crippen LogP contribution in [0.25, 0.3) is 5.69 Å². The van der Waals surface area contributed by atoms with E-state index in [-0.39, 0.29) is 41.1 Å². The van der Waals surface area contributed by atoms with Gasteiger partial charge in [-0.25, -0.2) is 4.68 Å². The highest BCUT2D eigenvalue weighted by molar-refractivity contribution is 6.02. The minimum atomic E-state index is -0.663. The van der Waals surface area contributed by atoms with Crippen LogP contribution in [-0.4, -0.2) is 51.0 Å². The smallest absolute Gasteiger partial charge is 0.289 e. The largest absolute Gasteiger partial charge is 0.481 e. The Hall–Kier alpha value is -3.42. The van der Waals surface area contributed by atoms with E-state index in [9.17, 15) is 14.4 Å². The van der Waals surface area contributed by atoms with Crippen LogP contribution in [0.1, 0.15) is 39.5 Å². The average Bonchev–Trinajstić information content (AvgIpc) is 3.19. The van der Waals surface area contributed by atoms with Crippen LogP contribution >= 0.6 is 0 Å². The van der Waals surface area contributed by atoms with E-state index in [0.717, 1.165) is 30.6 Å². The van der Waals surface area contributed by atoms with Gasteiger partial charge in [0.05, 0.1) is 5.69 Å². The summed E-state index contributed by atoms with van der Waals surface area (Å²) in [6.07, 6.45) is 7.59. The van der Waals surface area contributed by atoms with Gasteiger partial charge < -0.3 is 15.0 Å². The Balaban J connectivity index is 1.15. The maximum absolute atomic E-state index is 12.9. The van der Waals surface area contributed by atoms with Crippen LogP contribution in [-0.2, 0) is 19.1 Å². The first-order chi connectivity index (χ1) is 15.7. The second-order valence-corrected chi connectivity index (χ2v) is 9.91. The first-order valence-corrected chi connectivity index (χ1v) is 11.4. The average molecular weight is 449 g/mol. The minimum Gasteiger partial charge on any atom is -0.481 e. The second-order valence-electron chi connectivity index (χ2n) is 9.91. The fourth-order valence-electron chi connectivity index (χ4n) is 5.02. The Bertz CT molecular complexity index is 1110. The van der Waals surface area contributed by atoms with Gasteiger partial charge in [0.25, 0.3) is 5.91 Å². The predicted molar refractivity (Wildman–Crippen MR) is 121 cm³/mol. The number of benzene rings is 1. The molecule has 0 radical (unpaired) electrons. The summed E-state index contributed by atoms with van der Waals surface area (Å²) in [5.74, 6) is -0.182. The quantitative estimate of drug-likeness (QED) is 0.776. The Kier molecular flexibility index (Phi) is 5.11. The van der Waals surface area contributed by atoms with Gasteiger partial charge in [0, 0.05) is 49.6 Å². The van der Waals surface area contributed by atoms with E-state index in [4.69, 9.17) is 4.74 Å². The summed E-state index contributed by atoms with van der Waals surface area (Å²) in [4.78, 5) is 39.4. The third-order valence-corrected chi connectivity index (χ3v) is 6.95. The van der Waals surface area contributed by atoms with Crippen molar-refractivity contribution in [1.82, 2.24) is 14.7 Å². The molecule has 8 nitrogen and oxygen atoms in total. The number of nitrogens with zero attached hydrogens (tertiary/aromatic N) is 3. The highest BCUT2D eigenvalue weighted by Crippen LogP contribution is 2.59. The molecule has 1 spiro atoms. The molecule has 1 saturated carbocycles. The molecule has 1 aliphatic carbocycles. The topological polar surface area (TPSA) is 93.5 Å². The van der Waals surface area contributed by atoms with E-state index in [2.05, 4.69) is 10.4 Å². The number of aromatic nitrogens is 2. The molecule has 33 heavy (non-hydrogen) atoms. The lowest BCUT2D eigenvalue weighted by molar-refractivity contribution is -0.139. The fourth-order valence-corrected chi connectivity index (χ4v) is 5.02. The Morgan fingerprint density at radius 2 is 1.88 bits per heavy atom. The lowest BCUT2D eigenvalue weighted by Crippen LogP contribution is -2.43. The first-order valence-electron chi connectivity index (χ1n) is 11.4. The van der Waals surface area contributed by atoms with Crippen LogP contribution in [0, 0.1) is 11.3 Å². The van der Waals surface area contributed by atoms with Crippen molar-refractivity contribution in [3.63, 3.8) is 0 Å². The Morgan fingerprint density at radius 1 is 1.15 bits per heavy atom. The molecule has 8 heteroatoms. The van der Waals surface area contributed by atoms with Crippen LogP contribution in [0.2, 0.25) is 0 Å². The zero-order valence-electron chi connectivity index (χ0n) is 18.9. The van der Waals surface area contributed by atoms with Gasteiger partial charge in [-0.3, -0.25) is 14.4 Å². The number of rotatable bonds is 4. The van der Waals surface area contributed by atoms with E-state index >= 15 is 0 Å². The number of ketones is 1. The van der Waals surface area contributed by atoms with Crippen molar-refractivity contribution in [3.05, 3.63) is 54.6 Å². The molecule has 1 aromatic heterocycles. The van der Waals surface area contributed by atoms with Crippen molar-refractivity contribution in [1.29, 1.82) is 0 Å². The summed E-state index contributed by atoms with van der Waals surface area (Å²) in [6, 6.07) is 9.46. The predicted octanol–water partition coefficient (Wildman–Crippen LogP) is 3.09. The standard InChI is InChI=1S/C25H28N4O4/c1-24(2)15-19(30)14-21(33-24)23(32)28-12-8-25(9-13-28)16-20(25)22(31)27-17-4-6-18(7-5-17)29-11-3-10-26-29/h3-7,10-11,14,20H,8-9,12-13,15-16H2,1-2H3,(H,27,31). The van der Waals surface area contributed by atoms with Crippen molar-refractivity contribution < 1.29 is 19.1 Å². The van der Waals surface area contributed by atoms with Crippen molar-refractivity contribution >= 4 is 23.3 Å². The normalized spacial score (nSPS) is 23.0. The van der Waals surface area contributed by atoms with Crippen LogP contribution in [0.4, 0.5) is 5.69 Å². The number of nitrogens with one attached hydrogen (secondary N) is 1. The van der Waals surface area contributed by atoms with Crippen molar-refractivity contribution in [3.8, 4) is 5.69 Å². The molecule has 1 aromatic carbocycles. The molecular weight excluding hydrogens is 420 g/mol. The summed E-state index contributed by atoms with van der Waals surface area (Å²) in [5, 5.41) is 7.24. The molecule has 2 fully saturated rings. The van der Waals surface area contributed by atoms with Gasteiger partial charge in [-0.2, -0.15) is 5.10 Å². The lowest BCUT2D eigenvalue weighted by Gasteiger charge is -2.36. The fraction of sp³-hybridized carbons (Fsp3) is 0.440. The highest BCUT2D eigenvalue weighted by atomic mass is 16.5. The van der Waals surface area contributed by atoms with E-state index < -0.39 is 5.60 Å². The second kappa shape index (κ2) is 7.86. The van der Waals surface area contributed by atoms with Gasteiger partial charge in [-0.05, 0) is 68.9 Å². The monoisotopic (exact) mass is 448 g/mol. The number of hydrogen-bond donors (Lipinski definition) is 1. The number of allylic oxidation sites excluding steroid dienone is 1. The molecular formula is C25H28N4O4. The summed E-state index contributed by atoms with van der Waals surface area (Å²) >= 11 is 0. The number of piperidine rings is 1. The summed E-state index contributed by atoms with van der Waals surface area (Å²) < 4.78 is 7.53. The molecule has 2 amide bonds. The number of carbonyl (C=O) groups excluding carboxylic acids is 3. The maximum atomic E-state index is 12.9.